The summed E-state index contributed by atoms with van der Waals surface area (Å²) in [5.74, 6) is 0. The minimum absolute atomic E-state index is 0.998. The molecule has 1 nitrogen and oxygen atoms in total. The van der Waals surface area contributed by atoms with Crippen molar-refractivity contribution in [3.8, 4) is 11.3 Å². The highest BCUT2D eigenvalue weighted by Gasteiger charge is 2.07. The van der Waals surface area contributed by atoms with Crippen molar-refractivity contribution in [1.82, 2.24) is 4.57 Å². The van der Waals surface area contributed by atoms with Gasteiger partial charge in [0.2, 0.25) is 0 Å². The van der Waals surface area contributed by atoms with E-state index in [1.165, 1.54) is 22.2 Å². The van der Waals surface area contributed by atoms with Gasteiger partial charge in [0.25, 0.3) is 0 Å². The number of rotatable bonds is 2. The lowest BCUT2D eigenvalue weighted by Crippen LogP contribution is -1.95. The maximum Gasteiger partial charge on any atom is 0.0491 e. The van der Waals surface area contributed by atoms with E-state index < -0.39 is 0 Å². The van der Waals surface area contributed by atoms with Crippen LogP contribution in [0.1, 0.15) is 6.92 Å². The predicted molar refractivity (Wildman–Crippen MR) is 73.0 cm³/mol. The van der Waals surface area contributed by atoms with E-state index in [9.17, 15) is 0 Å². The van der Waals surface area contributed by atoms with Gasteiger partial charge in [-0.2, -0.15) is 0 Å². The molecule has 0 radical (unpaired) electrons. The molecule has 0 bridgehead atoms. The molecule has 1 heteroatoms. The van der Waals surface area contributed by atoms with E-state index in [1.54, 1.807) is 0 Å². The molecule has 1 heterocycles. The Kier molecular flexibility index (Phi) is 2.45. The quantitative estimate of drug-likeness (QED) is 0.607. The fraction of sp³-hybridized carbons (Fsp3) is 0.125. The molecule has 17 heavy (non-hydrogen) atoms. The molecule has 0 spiro atoms. The van der Waals surface area contributed by atoms with Crippen LogP contribution in [-0.4, -0.2) is 4.57 Å². The van der Waals surface area contributed by atoms with Crippen LogP contribution in [-0.2, 0) is 6.54 Å². The molecule has 0 saturated carbocycles. The smallest absolute Gasteiger partial charge is 0.0491 e. The van der Waals surface area contributed by atoms with Crippen molar-refractivity contribution in [3.05, 3.63) is 60.7 Å². The van der Waals surface area contributed by atoms with Crippen molar-refractivity contribution in [2.24, 2.45) is 0 Å². The zero-order valence-electron chi connectivity index (χ0n) is 9.93. The molecule has 0 aliphatic heterocycles. The Labute approximate surface area is 101 Å². The van der Waals surface area contributed by atoms with Crippen molar-refractivity contribution in [2.45, 2.75) is 13.5 Å². The summed E-state index contributed by atoms with van der Waals surface area (Å²) < 4.78 is 2.37. The van der Waals surface area contributed by atoms with E-state index in [0.717, 1.165) is 6.54 Å². The topological polar surface area (TPSA) is 4.93 Å². The number of nitrogens with zero attached hydrogens (tertiary/aromatic N) is 1. The van der Waals surface area contributed by atoms with Crippen LogP contribution < -0.4 is 0 Å². The molecule has 0 saturated heterocycles. The minimum Gasteiger partial charge on any atom is -0.341 e. The maximum absolute atomic E-state index is 2.37. The van der Waals surface area contributed by atoms with Crippen molar-refractivity contribution < 1.29 is 0 Å². The van der Waals surface area contributed by atoms with Crippen LogP contribution in [0.15, 0.2) is 60.7 Å². The van der Waals surface area contributed by atoms with Crippen LogP contribution in [0, 0.1) is 0 Å². The lowest BCUT2D eigenvalue weighted by Gasteiger charge is -2.07. The third kappa shape index (κ3) is 1.64. The van der Waals surface area contributed by atoms with Gasteiger partial charge in [-0.25, -0.2) is 0 Å². The SMILES string of the molecule is CCn1c(-c2ccccc2)cc2ccccc21. The minimum atomic E-state index is 0.998. The van der Waals surface area contributed by atoms with Crippen LogP contribution >= 0.6 is 0 Å². The van der Waals surface area contributed by atoms with E-state index in [2.05, 4.69) is 72.2 Å². The van der Waals surface area contributed by atoms with E-state index in [1.807, 2.05) is 0 Å². The van der Waals surface area contributed by atoms with Gasteiger partial charge < -0.3 is 4.57 Å². The van der Waals surface area contributed by atoms with E-state index in [0.29, 0.717) is 0 Å². The molecular formula is C16H15N. The van der Waals surface area contributed by atoms with Crippen LogP contribution in [0.3, 0.4) is 0 Å². The van der Waals surface area contributed by atoms with E-state index in [4.69, 9.17) is 0 Å². The molecule has 0 fully saturated rings. The largest absolute Gasteiger partial charge is 0.341 e. The summed E-state index contributed by atoms with van der Waals surface area (Å²) in [5.41, 5.74) is 3.90. The first-order valence-corrected chi connectivity index (χ1v) is 6.04. The van der Waals surface area contributed by atoms with Crippen LogP contribution in [0.25, 0.3) is 22.2 Å². The fourth-order valence-corrected chi connectivity index (χ4v) is 2.40. The number of fused-ring (bicyclic) bond motifs is 1. The Morgan fingerprint density at radius 3 is 2.35 bits per heavy atom. The van der Waals surface area contributed by atoms with Crippen LogP contribution in [0.4, 0.5) is 0 Å². The Balaban J connectivity index is 2.30. The number of hydrogen-bond donors (Lipinski definition) is 0. The van der Waals surface area contributed by atoms with Gasteiger partial charge in [0.1, 0.15) is 0 Å². The molecule has 0 aliphatic carbocycles. The van der Waals surface area contributed by atoms with Gasteiger partial charge in [0, 0.05) is 23.1 Å². The normalized spacial score (nSPS) is 10.9. The van der Waals surface area contributed by atoms with Gasteiger partial charge >= 0.3 is 0 Å². The third-order valence-corrected chi connectivity index (χ3v) is 3.20. The Morgan fingerprint density at radius 2 is 1.59 bits per heavy atom. The second-order valence-corrected chi connectivity index (χ2v) is 4.20. The summed E-state index contributed by atoms with van der Waals surface area (Å²) in [5, 5.41) is 1.31. The first-order chi connectivity index (χ1) is 8.40. The van der Waals surface area contributed by atoms with Gasteiger partial charge in [-0.3, -0.25) is 0 Å². The molecular weight excluding hydrogens is 206 g/mol. The zero-order valence-corrected chi connectivity index (χ0v) is 9.93. The van der Waals surface area contributed by atoms with Gasteiger partial charge in [-0.15, -0.1) is 0 Å². The monoisotopic (exact) mass is 221 g/mol. The summed E-state index contributed by atoms with van der Waals surface area (Å²) >= 11 is 0. The molecule has 2 aromatic carbocycles. The lowest BCUT2D eigenvalue weighted by atomic mass is 10.1. The molecule has 0 unspecified atom stereocenters. The average molecular weight is 221 g/mol. The van der Waals surface area contributed by atoms with E-state index >= 15 is 0 Å². The number of hydrogen-bond acceptors (Lipinski definition) is 0. The highest BCUT2D eigenvalue weighted by Crippen LogP contribution is 2.27. The molecule has 0 amide bonds. The first kappa shape index (κ1) is 10.2. The first-order valence-electron chi connectivity index (χ1n) is 6.04. The Hall–Kier alpha value is -2.02. The molecule has 3 aromatic rings. The molecule has 0 atom stereocenters. The average Bonchev–Trinajstić information content (AvgIpc) is 2.78. The van der Waals surface area contributed by atoms with Gasteiger partial charge in [-0.05, 0) is 24.6 Å². The van der Waals surface area contributed by atoms with Gasteiger partial charge in [0.15, 0.2) is 0 Å². The van der Waals surface area contributed by atoms with Crippen molar-refractivity contribution in [1.29, 1.82) is 0 Å². The van der Waals surface area contributed by atoms with Crippen molar-refractivity contribution in [3.63, 3.8) is 0 Å². The summed E-state index contributed by atoms with van der Waals surface area (Å²) in [6.07, 6.45) is 0. The fourth-order valence-electron chi connectivity index (χ4n) is 2.40. The van der Waals surface area contributed by atoms with E-state index in [-0.39, 0.29) is 0 Å². The highest BCUT2D eigenvalue weighted by atomic mass is 15.0. The van der Waals surface area contributed by atoms with Crippen LogP contribution in [0.2, 0.25) is 0 Å². The second-order valence-electron chi connectivity index (χ2n) is 4.20. The van der Waals surface area contributed by atoms with Gasteiger partial charge in [-0.1, -0.05) is 48.5 Å². The molecule has 1 aromatic heterocycles. The summed E-state index contributed by atoms with van der Waals surface area (Å²) in [6, 6.07) is 21.4. The number of benzene rings is 2. The molecule has 84 valence electrons. The van der Waals surface area contributed by atoms with Crippen molar-refractivity contribution >= 4 is 10.9 Å². The summed E-state index contributed by atoms with van der Waals surface area (Å²) in [7, 11) is 0. The predicted octanol–water partition coefficient (Wildman–Crippen LogP) is 4.33. The molecule has 3 rings (SSSR count). The van der Waals surface area contributed by atoms with Crippen LogP contribution in [0.5, 0.6) is 0 Å². The number of para-hydroxylation sites is 1. The third-order valence-electron chi connectivity index (χ3n) is 3.20. The number of aryl methyl sites for hydroxylation is 1. The Morgan fingerprint density at radius 1 is 0.882 bits per heavy atom. The molecule has 0 N–H and O–H groups in total. The Bertz CT molecular complexity index is 635. The highest BCUT2D eigenvalue weighted by molar-refractivity contribution is 5.87. The maximum atomic E-state index is 2.37. The molecule has 0 aliphatic rings. The standard InChI is InChI=1S/C16H15N/c1-2-17-15-11-7-6-10-14(15)12-16(17)13-8-4-3-5-9-13/h3-12H,2H2,1H3. The zero-order chi connectivity index (χ0) is 11.7. The summed E-state index contributed by atoms with van der Waals surface area (Å²) in [4.78, 5) is 0. The lowest BCUT2D eigenvalue weighted by molar-refractivity contribution is 0.805. The number of aromatic nitrogens is 1. The second kappa shape index (κ2) is 4.10. The van der Waals surface area contributed by atoms with Gasteiger partial charge in [0.05, 0.1) is 0 Å². The van der Waals surface area contributed by atoms with Crippen molar-refractivity contribution in [2.75, 3.05) is 0 Å². The summed E-state index contributed by atoms with van der Waals surface area (Å²) in [6.45, 7) is 3.19.